The van der Waals surface area contributed by atoms with Gasteiger partial charge in [0.25, 0.3) is 5.97 Å². The first-order valence-corrected chi connectivity index (χ1v) is 3.02. The van der Waals surface area contributed by atoms with E-state index in [-0.39, 0.29) is 48.3 Å². The Kier molecular flexibility index (Phi) is 22.4. The van der Waals surface area contributed by atoms with Crippen molar-refractivity contribution in [2.24, 2.45) is 0 Å². The minimum absolute atomic E-state index is 0. The predicted molar refractivity (Wildman–Crippen MR) is 38.5 cm³/mol. The summed E-state index contributed by atoms with van der Waals surface area (Å²) in [5.74, 6) is -0.833. The molecule has 0 aliphatic carbocycles. The van der Waals surface area contributed by atoms with Crippen LogP contribution in [0, 0.1) is 0 Å². The predicted octanol–water partition coefficient (Wildman–Crippen LogP) is -4.63. The van der Waals surface area contributed by atoms with Crippen molar-refractivity contribution in [2.45, 2.75) is 6.92 Å². The van der Waals surface area contributed by atoms with Crippen LogP contribution in [-0.2, 0) is 15.2 Å². The van der Waals surface area contributed by atoms with E-state index in [1.807, 2.05) is 0 Å². The van der Waals surface area contributed by atoms with Crippen LogP contribution in [0.2, 0.25) is 0 Å². The number of carbonyl (C=O) groups is 1. The summed E-state index contributed by atoms with van der Waals surface area (Å²) in [5.41, 5.74) is 0. The van der Waals surface area contributed by atoms with Crippen LogP contribution in [0.5, 0.6) is 0 Å². The molecule has 0 rings (SSSR count). The Balaban J connectivity index is -0.0000000221. The first-order chi connectivity index (χ1) is 3.73. The molecule has 0 amide bonds. The van der Waals surface area contributed by atoms with E-state index in [2.05, 4.69) is 0 Å². The third kappa shape index (κ3) is 1120. The molecule has 0 aromatic heterocycles. The number of hydrogen-bond acceptors (Lipinski definition) is 3. The smallest absolute Gasteiger partial charge is 1.00 e. The van der Waals surface area contributed by atoms with Crippen molar-refractivity contribution in [3.63, 3.8) is 0 Å². The van der Waals surface area contributed by atoms with Gasteiger partial charge in [-0.2, -0.15) is 8.42 Å². The van der Waals surface area contributed by atoms with Gasteiger partial charge >= 0.3 is 40.0 Å². The van der Waals surface area contributed by atoms with Gasteiger partial charge in [0.2, 0.25) is 0 Å². The van der Waals surface area contributed by atoms with Crippen molar-refractivity contribution in [3.05, 3.63) is 0 Å². The molecule has 9 heteroatoms. The van der Waals surface area contributed by atoms with Gasteiger partial charge < -0.3 is 6.53 Å². The maximum absolute atomic E-state index is 9.00. The SMILES string of the molecule is CC(=O)O.O=S(=O)(O)O.[AlH3].[H-].[Na+]. The molecular formula is C2H10AlNaO6S. The number of rotatable bonds is 0. The largest absolute Gasteiger partial charge is 1.00 e. The molecule has 0 aliphatic heterocycles. The molecule has 64 valence electrons. The minimum atomic E-state index is -4.67. The van der Waals surface area contributed by atoms with Gasteiger partial charge in [-0.05, 0) is 0 Å². The molecule has 0 atom stereocenters. The second-order valence-electron chi connectivity index (χ2n) is 0.967. The van der Waals surface area contributed by atoms with Gasteiger partial charge in [0, 0.05) is 6.92 Å². The monoisotopic (exact) mass is 212 g/mol. The van der Waals surface area contributed by atoms with E-state index in [0.717, 1.165) is 6.92 Å². The molecule has 0 unspecified atom stereocenters. The van der Waals surface area contributed by atoms with Crippen LogP contribution < -0.4 is 29.6 Å². The second kappa shape index (κ2) is 10.9. The summed E-state index contributed by atoms with van der Waals surface area (Å²) in [6.45, 7) is 1.08. The van der Waals surface area contributed by atoms with Gasteiger partial charge in [0.05, 0.1) is 0 Å². The fourth-order valence-corrected chi connectivity index (χ4v) is 0. The summed E-state index contributed by atoms with van der Waals surface area (Å²) in [7, 11) is -4.67. The van der Waals surface area contributed by atoms with E-state index in [1.54, 1.807) is 0 Å². The average Bonchev–Trinajstić information content (AvgIpc) is 1.19. The number of carboxylic acids is 1. The normalized spacial score (nSPS) is 7.55. The van der Waals surface area contributed by atoms with Crippen LogP contribution in [0.15, 0.2) is 0 Å². The first-order valence-electron chi connectivity index (χ1n) is 1.63. The van der Waals surface area contributed by atoms with Gasteiger partial charge in [-0.25, -0.2) is 0 Å². The third-order valence-corrected chi connectivity index (χ3v) is 0. The van der Waals surface area contributed by atoms with Crippen molar-refractivity contribution < 1.29 is 58.4 Å². The molecule has 0 saturated carbocycles. The van der Waals surface area contributed by atoms with Crippen LogP contribution in [0.1, 0.15) is 8.35 Å². The standard InChI is InChI=1S/C2H4O2.Al.Na.H2O4S.4H/c1-2(3)4;;;1-5(2,3)4;;;;/h1H3,(H,3,4);;;(H2,1,2,3,4);;;;/q;;+1;;;;;-1. The summed E-state index contributed by atoms with van der Waals surface area (Å²) in [6.07, 6.45) is 0. The van der Waals surface area contributed by atoms with Crippen molar-refractivity contribution in [1.82, 2.24) is 0 Å². The summed E-state index contributed by atoms with van der Waals surface area (Å²) >= 11 is 0. The number of hydrogen-bond donors (Lipinski definition) is 3. The summed E-state index contributed by atoms with van der Waals surface area (Å²) in [4.78, 5) is 9.00. The Hall–Kier alpha value is 0.872. The van der Waals surface area contributed by atoms with Crippen LogP contribution in [-0.4, -0.2) is 46.0 Å². The Labute approximate surface area is 98.5 Å². The zero-order chi connectivity index (χ0) is 8.08. The third-order valence-electron chi connectivity index (χ3n) is 0. The fourth-order valence-electron chi connectivity index (χ4n) is 0. The van der Waals surface area contributed by atoms with Crippen LogP contribution in [0.3, 0.4) is 0 Å². The van der Waals surface area contributed by atoms with Crippen molar-refractivity contribution in [3.8, 4) is 0 Å². The van der Waals surface area contributed by atoms with E-state index >= 15 is 0 Å². The first kappa shape index (κ1) is 22.6. The molecule has 0 aromatic rings. The van der Waals surface area contributed by atoms with Gasteiger partial charge in [-0.15, -0.1) is 0 Å². The molecule has 11 heavy (non-hydrogen) atoms. The van der Waals surface area contributed by atoms with Crippen molar-refractivity contribution in [1.29, 1.82) is 0 Å². The molecule has 0 aliphatic rings. The molecular weight excluding hydrogens is 202 g/mol. The zero-order valence-electron chi connectivity index (χ0n) is 6.47. The van der Waals surface area contributed by atoms with Gasteiger partial charge in [0.15, 0.2) is 17.4 Å². The maximum atomic E-state index is 9.00. The number of aliphatic carboxylic acids is 1. The van der Waals surface area contributed by atoms with Crippen LogP contribution in [0.4, 0.5) is 0 Å². The molecule has 0 bridgehead atoms. The molecule has 6 nitrogen and oxygen atoms in total. The van der Waals surface area contributed by atoms with E-state index in [1.165, 1.54) is 0 Å². The molecule has 0 spiro atoms. The summed E-state index contributed by atoms with van der Waals surface area (Å²) in [6, 6.07) is 0. The van der Waals surface area contributed by atoms with Crippen molar-refractivity contribution >= 4 is 33.7 Å². The van der Waals surface area contributed by atoms with Gasteiger partial charge in [0.1, 0.15) is 0 Å². The zero-order valence-corrected chi connectivity index (χ0v) is 8.29. The second-order valence-corrected chi connectivity index (χ2v) is 1.86. The van der Waals surface area contributed by atoms with E-state index in [9.17, 15) is 0 Å². The van der Waals surface area contributed by atoms with E-state index < -0.39 is 16.4 Å². The topological polar surface area (TPSA) is 112 Å². The summed E-state index contributed by atoms with van der Waals surface area (Å²) < 4.78 is 31.6. The van der Waals surface area contributed by atoms with Crippen LogP contribution >= 0.6 is 0 Å². The molecule has 0 fully saturated rings. The Morgan fingerprint density at radius 2 is 1.36 bits per heavy atom. The van der Waals surface area contributed by atoms with E-state index in [0.29, 0.717) is 0 Å². The Morgan fingerprint density at radius 3 is 1.36 bits per heavy atom. The molecule has 0 aromatic carbocycles. The quantitative estimate of drug-likeness (QED) is 0.275. The fraction of sp³-hybridized carbons (Fsp3) is 0.500. The summed E-state index contributed by atoms with van der Waals surface area (Å²) in [5, 5.41) is 7.42. The minimum Gasteiger partial charge on any atom is -1.00 e. The van der Waals surface area contributed by atoms with E-state index in [4.69, 9.17) is 27.4 Å². The van der Waals surface area contributed by atoms with Crippen molar-refractivity contribution in [2.75, 3.05) is 0 Å². The van der Waals surface area contributed by atoms with Gasteiger partial charge in [-0.1, -0.05) is 0 Å². The van der Waals surface area contributed by atoms with Crippen LogP contribution in [0.25, 0.3) is 0 Å². The maximum Gasteiger partial charge on any atom is 1.00 e. The molecule has 3 N–H and O–H groups in total. The number of carboxylic acid groups (broad SMARTS) is 1. The van der Waals surface area contributed by atoms with Gasteiger partial charge in [-0.3, -0.25) is 13.9 Å². The molecule has 0 radical (unpaired) electrons. The Morgan fingerprint density at radius 1 is 1.36 bits per heavy atom. The Bertz CT molecular complexity index is 168. The average molecular weight is 212 g/mol. The molecule has 0 saturated heterocycles. The molecule has 0 heterocycles.